The second-order valence-corrected chi connectivity index (χ2v) is 6.75. The zero-order valence-corrected chi connectivity index (χ0v) is 13.2. The van der Waals surface area contributed by atoms with E-state index in [1.165, 1.54) is 26.0 Å². The van der Waals surface area contributed by atoms with Crippen LogP contribution in [0.1, 0.15) is 41.5 Å². The molecule has 0 aromatic heterocycles. The van der Waals surface area contributed by atoms with Crippen LogP contribution in [0.2, 0.25) is 0 Å². The fraction of sp³-hybridized carbons (Fsp3) is 0.800. The van der Waals surface area contributed by atoms with Crippen LogP contribution in [0.4, 0.5) is 4.79 Å². The van der Waals surface area contributed by atoms with E-state index in [4.69, 9.17) is 0 Å². The molecule has 6 nitrogen and oxygen atoms in total. The van der Waals surface area contributed by atoms with Gasteiger partial charge in [0, 0.05) is 11.0 Å². The van der Waals surface area contributed by atoms with E-state index in [1.807, 2.05) is 20.8 Å². The predicted octanol–water partition coefficient (Wildman–Crippen LogP) is 0.553. The molecule has 0 aliphatic rings. The molecule has 0 bridgehead atoms. The van der Waals surface area contributed by atoms with Gasteiger partial charge in [0.2, 0.25) is 5.91 Å². The summed E-state index contributed by atoms with van der Waals surface area (Å²) in [5.74, 6) is -0.166. The SMILES string of the molecule is CC(C)(C)NS[B]NC(=O)N[B]NC(=O)C(C)(C)C. The molecule has 0 fully saturated rings. The van der Waals surface area contributed by atoms with Gasteiger partial charge in [0.05, 0.1) is 0 Å². The van der Waals surface area contributed by atoms with Crippen molar-refractivity contribution in [2.45, 2.75) is 47.1 Å². The lowest BCUT2D eigenvalue weighted by atomic mass is 9.93. The Kier molecular flexibility index (Phi) is 7.36. The molecule has 0 saturated carbocycles. The Bertz CT molecular complexity index is 316. The lowest BCUT2D eigenvalue weighted by Gasteiger charge is -2.19. The van der Waals surface area contributed by atoms with E-state index in [2.05, 4.69) is 20.4 Å². The number of urea groups is 1. The minimum atomic E-state index is -0.493. The number of amides is 3. The first-order chi connectivity index (χ1) is 8.52. The van der Waals surface area contributed by atoms with Crippen LogP contribution < -0.4 is 20.4 Å². The van der Waals surface area contributed by atoms with Gasteiger partial charge in [0.1, 0.15) is 0 Å². The average Bonchev–Trinajstić information content (AvgIpc) is 2.21. The van der Waals surface area contributed by atoms with Crippen molar-refractivity contribution in [3.8, 4) is 0 Å². The number of hydrogen-bond acceptors (Lipinski definition) is 4. The average molecular weight is 284 g/mol. The molecule has 3 amide bonds. The highest BCUT2D eigenvalue weighted by Gasteiger charge is 2.21. The van der Waals surface area contributed by atoms with Crippen molar-refractivity contribution in [2.75, 3.05) is 0 Å². The molecule has 4 N–H and O–H groups in total. The summed E-state index contributed by atoms with van der Waals surface area (Å²) in [6.07, 6.45) is 0. The minimum Gasteiger partial charge on any atom is -0.382 e. The summed E-state index contributed by atoms with van der Waals surface area (Å²) in [4.78, 5) is 22.8. The van der Waals surface area contributed by atoms with Crippen molar-refractivity contribution in [1.82, 2.24) is 20.4 Å². The van der Waals surface area contributed by atoms with Crippen LogP contribution >= 0.6 is 11.8 Å². The summed E-state index contributed by atoms with van der Waals surface area (Å²) in [5.41, 5.74) is -0.528. The zero-order valence-electron chi connectivity index (χ0n) is 12.4. The van der Waals surface area contributed by atoms with Crippen molar-refractivity contribution in [2.24, 2.45) is 5.41 Å². The monoisotopic (exact) mass is 284 g/mol. The summed E-state index contributed by atoms with van der Waals surface area (Å²) >= 11 is 1.28. The van der Waals surface area contributed by atoms with Gasteiger partial charge in [-0.1, -0.05) is 20.8 Å². The Balaban J connectivity index is 3.64. The van der Waals surface area contributed by atoms with E-state index in [0.717, 1.165) is 0 Å². The Labute approximate surface area is 121 Å². The van der Waals surface area contributed by atoms with Crippen molar-refractivity contribution >= 4 is 38.0 Å². The molecule has 0 atom stereocenters. The van der Waals surface area contributed by atoms with E-state index >= 15 is 0 Å². The highest BCUT2D eigenvalue weighted by Crippen LogP contribution is 2.11. The molecule has 0 spiro atoms. The maximum absolute atomic E-state index is 11.5. The molecule has 106 valence electrons. The molecule has 0 aromatic carbocycles. The fourth-order valence-corrected chi connectivity index (χ4v) is 1.29. The second-order valence-electron chi connectivity index (χ2n) is 6.07. The lowest BCUT2D eigenvalue weighted by molar-refractivity contribution is -0.126. The van der Waals surface area contributed by atoms with E-state index in [1.54, 1.807) is 20.8 Å². The van der Waals surface area contributed by atoms with E-state index in [-0.39, 0.29) is 11.4 Å². The summed E-state index contributed by atoms with van der Waals surface area (Å²) in [5, 5.41) is 7.41. The van der Waals surface area contributed by atoms with Gasteiger partial charge in [0.25, 0.3) is 6.03 Å². The Morgan fingerprint density at radius 3 is 2.00 bits per heavy atom. The molecular formula is C10H22B2N4O2S. The van der Waals surface area contributed by atoms with Gasteiger partial charge in [-0.15, -0.1) is 11.8 Å². The first-order valence-electron chi connectivity index (χ1n) is 5.96. The molecule has 0 rings (SSSR count). The molecule has 19 heavy (non-hydrogen) atoms. The second kappa shape index (κ2) is 7.69. The quantitative estimate of drug-likeness (QED) is 0.337. The van der Waals surface area contributed by atoms with Crippen LogP contribution in [0.5, 0.6) is 0 Å². The van der Waals surface area contributed by atoms with E-state index < -0.39 is 11.4 Å². The molecule has 0 heterocycles. The smallest absolute Gasteiger partial charge is 0.382 e. The van der Waals surface area contributed by atoms with Crippen LogP contribution in [0.15, 0.2) is 0 Å². The topological polar surface area (TPSA) is 82.3 Å². The predicted molar refractivity (Wildman–Crippen MR) is 81.3 cm³/mol. The first-order valence-corrected chi connectivity index (χ1v) is 6.84. The van der Waals surface area contributed by atoms with Gasteiger partial charge in [-0.25, -0.2) is 0 Å². The molecule has 0 aliphatic heterocycles. The van der Waals surface area contributed by atoms with E-state index in [9.17, 15) is 9.59 Å². The lowest BCUT2D eigenvalue weighted by Crippen LogP contribution is -2.49. The summed E-state index contributed by atoms with van der Waals surface area (Å²) in [7, 11) is 1.22. The van der Waals surface area contributed by atoms with Crippen LogP contribution in [0.3, 0.4) is 0 Å². The third-order valence-corrected chi connectivity index (χ3v) is 2.67. The van der Waals surface area contributed by atoms with Gasteiger partial charge in [-0.3, -0.25) is 14.3 Å². The summed E-state index contributed by atoms with van der Waals surface area (Å²) in [6, 6.07) is -0.419. The van der Waals surface area contributed by atoms with Crippen molar-refractivity contribution in [3.05, 3.63) is 0 Å². The van der Waals surface area contributed by atoms with Crippen LogP contribution in [0.25, 0.3) is 0 Å². The van der Waals surface area contributed by atoms with Crippen molar-refractivity contribution < 1.29 is 9.59 Å². The van der Waals surface area contributed by atoms with Crippen molar-refractivity contribution in [3.63, 3.8) is 0 Å². The maximum atomic E-state index is 11.5. The van der Waals surface area contributed by atoms with Crippen LogP contribution in [-0.4, -0.2) is 31.7 Å². The Hall–Kier alpha value is -0.820. The summed E-state index contributed by atoms with van der Waals surface area (Å²) in [6.45, 7) is 13.0. The number of carbonyl (C=O) groups is 2. The Morgan fingerprint density at radius 2 is 1.53 bits per heavy atom. The van der Waals surface area contributed by atoms with Gasteiger partial charge in [-0.2, -0.15) is 0 Å². The van der Waals surface area contributed by atoms with Gasteiger partial charge in [0.15, 0.2) is 0 Å². The molecular weight excluding hydrogens is 262 g/mol. The third kappa shape index (κ3) is 10.8. The maximum Gasteiger partial charge on any atom is 0.391 e. The molecule has 0 aliphatic carbocycles. The first kappa shape index (κ1) is 18.2. The van der Waals surface area contributed by atoms with Crippen LogP contribution in [0, 0.1) is 5.41 Å². The van der Waals surface area contributed by atoms with Crippen LogP contribution in [-0.2, 0) is 4.79 Å². The van der Waals surface area contributed by atoms with Gasteiger partial charge < -0.3 is 15.7 Å². The third-order valence-electron chi connectivity index (χ3n) is 1.70. The normalized spacial score (nSPS) is 11.5. The standard InChI is InChI=1S/C10H22B2N4O2S/c1-9(2,3)7(17)13-11-14-8(18)15-12-19-16-10(4,5)6/h16H,1-6H3,(H,13,17)(H2,14,15,18). The van der Waals surface area contributed by atoms with Gasteiger partial charge in [-0.05, 0) is 20.8 Å². The molecule has 0 unspecified atom stereocenters. The number of nitrogens with one attached hydrogen (secondary N) is 4. The largest absolute Gasteiger partial charge is 0.391 e. The highest BCUT2D eigenvalue weighted by molar-refractivity contribution is 8.20. The van der Waals surface area contributed by atoms with Crippen molar-refractivity contribution in [1.29, 1.82) is 0 Å². The molecule has 0 aromatic rings. The Morgan fingerprint density at radius 1 is 0.947 bits per heavy atom. The fourth-order valence-electron chi connectivity index (χ4n) is 0.715. The molecule has 2 radical (unpaired) electrons. The highest BCUT2D eigenvalue weighted by atomic mass is 32.2. The minimum absolute atomic E-state index is 0.0356. The molecule has 0 saturated heterocycles. The summed E-state index contributed by atoms with van der Waals surface area (Å²) < 4.78 is 3.11. The van der Waals surface area contributed by atoms with E-state index in [0.29, 0.717) is 0 Å². The molecule has 9 heteroatoms. The number of carbonyl (C=O) groups excluding carboxylic acids is 2. The zero-order chi connectivity index (χ0) is 15.1. The van der Waals surface area contributed by atoms with Gasteiger partial charge >= 0.3 is 14.2 Å². The number of hydrogen-bond donors (Lipinski definition) is 4. The number of rotatable bonds is 5.